The first-order valence-corrected chi connectivity index (χ1v) is 4.76. The van der Waals surface area contributed by atoms with Crippen LogP contribution in [0, 0.1) is 6.92 Å². The molecule has 72 valence electrons. The van der Waals surface area contributed by atoms with Gasteiger partial charge in [-0.25, -0.2) is 0 Å². The lowest BCUT2D eigenvalue weighted by molar-refractivity contribution is 0.756. The molecule has 2 aromatic heterocycles. The fourth-order valence-corrected chi connectivity index (χ4v) is 1.66. The molecular formula is C10H11N3S. The Kier molecular flexibility index (Phi) is 2.29. The van der Waals surface area contributed by atoms with Gasteiger partial charge in [0, 0.05) is 41.7 Å². The number of hydrogen-bond donors (Lipinski definition) is 1. The summed E-state index contributed by atoms with van der Waals surface area (Å²) in [6, 6.07) is 1.99. The maximum absolute atomic E-state index is 4.28. The predicted octanol–water partition coefficient (Wildman–Crippen LogP) is 2.08. The van der Waals surface area contributed by atoms with Crippen molar-refractivity contribution in [3.63, 3.8) is 0 Å². The zero-order valence-electron chi connectivity index (χ0n) is 8.10. The molecular weight excluding hydrogens is 194 g/mol. The summed E-state index contributed by atoms with van der Waals surface area (Å²) in [5, 5.41) is 4.28. The van der Waals surface area contributed by atoms with E-state index >= 15 is 0 Å². The van der Waals surface area contributed by atoms with Crippen LogP contribution >= 0.6 is 12.6 Å². The Balaban J connectivity index is 2.54. The molecule has 0 atom stereocenters. The molecule has 0 amide bonds. The minimum absolute atomic E-state index is 0.866. The third kappa shape index (κ3) is 1.65. The molecule has 0 bridgehead atoms. The Morgan fingerprint density at radius 2 is 2.14 bits per heavy atom. The van der Waals surface area contributed by atoms with Crippen LogP contribution in [0.4, 0.5) is 0 Å². The van der Waals surface area contributed by atoms with Crippen molar-refractivity contribution in [2.45, 2.75) is 11.8 Å². The molecule has 4 heteroatoms. The summed E-state index contributed by atoms with van der Waals surface area (Å²) in [5.74, 6) is 0. The van der Waals surface area contributed by atoms with Crippen molar-refractivity contribution in [2.24, 2.45) is 7.05 Å². The van der Waals surface area contributed by atoms with Crippen LogP contribution in [-0.2, 0) is 7.05 Å². The minimum Gasteiger partial charge on any atom is -0.275 e. The van der Waals surface area contributed by atoms with Gasteiger partial charge >= 0.3 is 0 Å². The highest BCUT2D eigenvalue weighted by molar-refractivity contribution is 7.80. The molecule has 0 N–H and O–H groups in total. The van der Waals surface area contributed by atoms with Crippen LogP contribution in [-0.4, -0.2) is 14.8 Å². The Hall–Kier alpha value is -1.29. The van der Waals surface area contributed by atoms with Gasteiger partial charge in [0.15, 0.2) is 0 Å². The molecule has 0 aliphatic heterocycles. The van der Waals surface area contributed by atoms with E-state index in [-0.39, 0.29) is 0 Å². The van der Waals surface area contributed by atoms with Gasteiger partial charge in [0.05, 0.1) is 5.69 Å². The minimum atomic E-state index is 0.866. The Morgan fingerprint density at radius 1 is 1.36 bits per heavy atom. The van der Waals surface area contributed by atoms with Crippen LogP contribution < -0.4 is 0 Å². The predicted molar refractivity (Wildman–Crippen MR) is 58.4 cm³/mol. The second-order valence-corrected chi connectivity index (χ2v) is 3.75. The molecule has 0 aliphatic rings. The van der Waals surface area contributed by atoms with E-state index in [9.17, 15) is 0 Å². The van der Waals surface area contributed by atoms with Crippen molar-refractivity contribution in [1.29, 1.82) is 0 Å². The van der Waals surface area contributed by atoms with Crippen molar-refractivity contribution < 1.29 is 0 Å². The van der Waals surface area contributed by atoms with Crippen molar-refractivity contribution in [2.75, 3.05) is 0 Å². The SMILES string of the molecule is Cc1nn(C)cc1-c1cncc(S)c1. The standard InChI is InChI=1S/C10H11N3S/c1-7-10(6-13(2)12-7)8-3-9(14)5-11-4-8/h3-6,14H,1-2H3. The van der Waals surface area contributed by atoms with Gasteiger partial charge in [0.2, 0.25) is 0 Å². The lowest BCUT2D eigenvalue weighted by Gasteiger charge is -1.98. The van der Waals surface area contributed by atoms with E-state index in [0.29, 0.717) is 0 Å². The zero-order valence-corrected chi connectivity index (χ0v) is 8.99. The second kappa shape index (κ2) is 3.46. The second-order valence-electron chi connectivity index (χ2n) is 3.23. The largest absolute Gasteiger partial charge is 0.275 e. The molecule has 2 rings (SSSR count). The lowest BCUT2D eigenvalue weighted by Crippen LogP contribution is -1.86. The highest BCUT2D eigenvalue weighted by atomic mass is 32.1. The van der Waals surface area contributed by atoms with Crippen LogP contribution in [0.3, 0.4) is 0 Å². The molecule has 2 heterocycles. The monoisotopic (exact) mass is 205 g/mol. The van der Waals surface area contributed by atoms with Gasteiger partial charge in [0.1, 0.15) is 0 Å². The van der Waals surface area contributed by atoms with E-state index in [1.807, 2.05) is 32.4 Å². The van der Waals surface area contributed by atoms with Gasteiger partial charge in [-0.05, 0) is 13.0 Å². The Morgan fingerprint density at radius 3 is 2.71 bits per heavy atom. The summed E-state index contributed by atoms with van der Waals surface area (Å²) in [5.41, 5.74) is 3.17. The third-order valence-corrected chi connectivity index (χ3v) is 2.29. The summed E-state index contributed by atoms with van der Waals surface area (Å²) >= 11 is 4.26. The van der Waals surface area contributed by atoms with Crippen LogP contribution in [0.2, 0.25) is 0 Å². The lowest BCUT2D eigenvalue weighted by atomic mass is 10.1. The van der Waals surface area contributed by atoms with Gasteiger partial charge in [0.25, 0.3) is 0 Å². The van der Waals surface area contributed by atoms with Crippen molar-refractivity contribution in [3.05, 3.63) is 30.4 Å². The fourth-order valence-electron chi connectivity index (χ4n) is 1.46. The molecule has 0 unspecified atom stereocenters. The first kappa shape index (κ1) is 9.27. The van der Waals surface area contributed by atoms with Gasteiger partial charge in [-0.3, -0.25) is 9.67 Å². The molecule has 0 saturated heterocycles. The van der Waals surface area contributed by atoms with Gasteiger partial charge in [-0.1, -0.05) is 0 Å². The number of pyridine rings is 1. The maximum Gasteiger partial charge on any atom is 0.0672 e. The molecule has 0 saturated carbocycles. The first-order valence-electron chi connectivity index (χ1n) is 4.31. The summed E-state index contributed by atoms with van der Waals surface area (Å²) in [6.45, 7) is 1.99. The van der Waals surface area contributed by atoms with Gasteiger partial charge in [-0.2, -0.15) is 5.10 Å². The average molecular weight is 205 g/mol. The molecule has 3 nitrogen and oxygen atoms in total. The normalized spacial score (nSPS) is 10.5. The van der Waals surface area contributed by atoms with Gasteiger partial charge in [-0.15, -0.1) is 12.6 Å². The van der Waals surface area contributed by atoms with E-state index in [0.717, 1.165) is 21.7 Å². The smallest absolute Gasteiger partial charge is 0.0672 e. The van der Waals surface area contributed by atoms with E-state index in [4.69, 9.17) is 0 Å². The zero-order chi connectivity index (χ0) is 10.1. The first-order chi connectivity index (χ1) is 6.66. The summed E-state index contributed by atoms with van der Waals surface area (Å²) in [4.78, 5) is 4.96. The Labute approximate surface area is 88.2 Å². The van der Waals surface area contributed by atoms with Crippen LogP contribution in [0.25, 0.3) is 11.1 Å². The molecule has 0 fully saturated rings. The number of aromatic nitrogens is 3. The number of nitrogens with zero attached hydrogens (tertiary/aromatic N) is 3. The van der Waals surface area contributed by atoms with Gasteiger partial charge < -0.3 is 0 Å². The van der Waals surface area contributed by atoms with Crippen LogP contribution in [0.1, 0.15) is 5.69 Å². The number of aryl methyl sites for hydroxylation is 2. The quantitative estimate of drug-likeness (QED) is 0.722. The summed E-state index contributed by atoms with van der Waals surface area (Å²) in [6.07, 6.45) is 5.53. The average Bonchev–Trinajstić information content (AvgIpc) is 2.45. The number of rotatable bonds is 1. The van der Waals surface area contributed by atoms with E-state index < -0.39 is 0 Å². The molecule has 0 aromatic carbocycles. The fraction of sp³-hybridized carbons (Fsp3) is 0.200. The third-order valence-electron chi connectivity index (χ3n) is 2.05. The Bertz CT molecular complexity index is 462. The number of thiol groups is 1. The van der Waals surface area contributed by atoms with Crippen LogP contribution in [0.15, 0.2) is 29.6 Å². The summed E-state index contributed by atoms with van der Waals surface area (Å²) < 4.78 is 1.80. The van der Waals surface area contributed by atoms with Crippen molar-refractivity contribution >= 4 is 12.6 Å². The van der Waals surface area contributed by atoms with E-state index in [1.165, 1.54) is 0 Å². The molecule has 14 heavy (non-hydrogen) atoms. The number of hydrogen-bond acceptors (Lipinski definition) is 3. The highest BCUT2D eigenvalue weighted by Crippen LogP contribution is 2.22. The molecule has 2 aromatic rings. The van der Waals surface area contributed by atoms with E-state index in [2.05, 4.69) is 22.7 Å². The topological polar surface area (TPSA) is 30.7 Å². The van der Waals surface area contributed by atoms with Crippen molar-refractivity contribution in [3.8, 4) is 11.1 Å². The van der Waals surface area contributed by atoms with Crippen LogP contribution in [0.5, 0.6) is 0 Å². The molecule has 0 radical (unpaired) electrons. The molecule has 0 aliphatic carbocycles. The molecule has 0 spiro atoms. The van der Waals surface area contributed by atoms with E-state index in [1.54, 1.807) is 10.9 Å². The van der Waals surface area contributed by atoms with Crippen molar-refractivity contribution in [1.82, 2.24) is 14.8 Å². The maximum atomic E-state index is 4.28. The highest BCUT2D eigenvalue weighted by Gasteiger charge is 2.05. The summed E-state index contributed by atoms with van der Waals surface area (Å²) in [7, 11) is 1.91.